The van der Waals surface area contributed by atoms with Gasteiger partial charge >= 0.3 is 0 Å². The third kappa shape index (κ3) is 2.72. The third-order valence-corrected chi connectivity index (χ3v) is 3.09. The number of hydrogen-bond acceptors (Lipinski definition) is 4. The lowest BCUT2D eigenvalue weighted by molar-refractivity contribution is 0.272. The molecule has 0 fully saturated rings. The van der Waals surface area contributed by atoms with Crippen molar-refractivity contribution in [3.05, 3.63) is 52.2 Å². The van der Waals surface area contributed by atoms with Gasteiger partial charge in [-0.25, -0.2) is 9.37 Å². The molecule has 0 radical (unpaired) electrons. The Morgan fingerprint density at radius 1 is 1.41 bits per heavy atom. The average molecular weight is 252 g/mol. The average Bonchev–Trinajstić information content (AvgIpc) is 2.29. The Balaban J connectivity index is 2.36. The molecule has 0 saturated heterocycles. The minimum absolute atomic E-state index is 0.198. The molecule has 0 bridgehead atoms. The number of nitrogens with zero attached hydrogens (tertiary/aromatic N) is 1. The van der Waals surface area contributed by atoms with Crippen molar-refractivity contribution in [2.24, 2.45) is 0 Å². The molecular weight excluding hydrogens is 243 g/mol. The molecule has 0 aliphatic heterocycles. The minimum Gasteiger partial charge on any atom is -0.392 e. The van der Waals surface area contributed by atoms with Gasteiger partial charge in [0.2, 0.25) is 0 Å². The Morgan fingerprint density at radius 3 is 2.94 bits per heavy atom. The lowest BCUT2D eigenvalue weighted by Gasteiger charge is -2.06. The van der Waals surface area contributed by atoms with E-state index in [4.69, 9.17) is 5.11 Å². The van der Waals surface area contributed by atoms with Crippen LogP contribution in [0.25, 0.3) is 0 Å². The van der Waals surface area contributed by atoms with E-state index >= 15 is 0 Å². The zero-order chi connectivity index (χ0) is 12.3. The smallest absolute Gasteiger partial charge is 0.251 e. The summed E-state index contributed by atoms with van der Waals surface area (Å²) in [4.78, 5) is 18.1. The van der Waals surface area contributed by atoms with Crippen LogP contribution in [0.15, 0.2) is 45.3 Å². The molecule has 0 saturated carbocycles. The van der Waals surface area contributed by atoms with E-state index in [2.05, 4.69) is 9.97 Å². The Bertz CT molecular complexity index is 586. The summed E-state index contributed by atoms with van der Waals surface area (Å²) < 4.78 is 13.4. The number of aliphatic hydroxyl groups excluding tert-OH is 1. The number of aromatic nitrogens is 2. The molecule has 4 nitrogen and oxygen atoms in total. The van der Waals surface area contributed by atoms with Crippen molar-refractivity contribution in [2.45, 2.75) is 16.7 Å². The van der Waals surface area contributed by atoms with Gasteiger partial charge in [-0.15, -0.1) is 0 Å². The summed E-state index contributed by atoms with van der Waals surface area (Å²) >= 11 is 1.10. The van der Waals surface area contributed by atoms with Crippen LogP contribution in [0, 0.1) is 5.82 Å². The number of hydrogen-bond donors (Lipinski definition) is 2. The van der Waals surface area contributed by atoms with Crippen LogP contribution in [-0.2, 0) is 6.61 Å². The molecule has 0 aliphatic rings. The van der Waals surface area contributed by atoms with E-state index in [1.54, 1.807) is 6.07 Å². The Kier molecular flexibility index (Phi) is 3.55. The minimum atomic E-state index is -0.476. The topological polar surface area (TPSA) is 66.0 Å². The number of aliphatic hydroxyl groups is 1. The van der Waals surface area contributed by atoms with Gasteiger partial charge in [-0.1, -0.05) is 17.8 Å². The van der Waals surface area contributed by atoms with Crippen LogP contribution in [0.3, 0.4) is 0 Å². The number of aromatic amines is 1. The second kappa shape index (κ2) is 5.11. The highest BCUT2D eigenvalue weighted by atomic mass is 32.2. The van der Waals surface area contributed by atoms with Gasteiger partial charge in [-0.05, 0) is 12.1 Å². The van der Waals surface area contributed by atoms with Crippen LogP contribution < -0.4 is 5.56 Å². The maximum absolute atomic E-state index is 13.4. The van der Waals surface area contributed by atoms with Crippen LogP contribution in [0.2, 0.25) is 0 Å². The maximum Gasteiger partial charge on any atom is 0.251 e. The summed E-state index contributed by atoms with van der Waals surface area (Å²) in [7, 11) is 0. The van der Waals surface area contributed by atoms with Crippen molar-refractivity contribution in [1.82, 2.24) is 9.97 Å². The van der Waals surface area contributed by atoms with Crippen molar-refractivity contribution in [3.63, 3.8) is 0 Å². The molecular formula is C11H9FN2O2S. The first kappa shape index (κ1) is 11.8. The van der Waals surface area contributed by atoms with Gasteiger partial charge in [0.05, 0.1) is 6.61 Å². The largest absolute Gasteiger partial charge is 0.392 e. The summed E-state index contributed by atoms with van der Waals surface area (Å²) in [5.74, 6) is -0.476. The van der Waals surface area contributed by atoms with Crippen LogP contribution in [-0.4, -0.2) is 15.1 Å². The normalized spacial score (nSPS) is 10.5. The lowest BCUT2D eigenvalue weighted by atomic mass is 10.2. The van der Waals surface area contributed by atoms with E-state index in [-0.39, 0.29) is 11.1 Å². The van der Waals surface area contributed by atoms with E-state index in [1.165, 1.54) is 24.4 Å². The molecule has 2 aromatic rings. The van der Waals surface area contributed by atoms with E-state index in [1.807, 2.05) is 0 Å². The summed E-state index contributed by atoms with van der Waals surface area (Å²) in [6, 6.07) is 5.77. The van der Waals surface area contributed by atoms with Gasteiger partial charge in [0.15, 0.2) is 5.16 Å². The van der Waals surface area contributed by atoms with Crippen LogP contribution in [0.1, 0.15) is 5.56 Å². The molecule has 88 valence electrons. The first-order chi connectivity index (χ1) is 8.20. The number of halogens is 1. The Labute approximate surface area is 101 Å². The molecule has 0 aliphatic carbocycles. The molecule has 6 heteroatoms. The van der Waals surface area contributed by atoms with E-state index in [0.29, 0.717) is 10.1 Å². The predicted octanol–water partition coefficient (Wildman–Crippen LogP) is 1.55. The number of rotatable bonds is 3. The van der Waals surface area contributed by atoms with E-state index in [9.17, 15) is 9.18 Å². The summed E-state index contributed by atoms with van der Waals surface area (Å²) in [5.41, 5.74) is -0.0755. The standard InChI is InChI=1S/C11H9FN2O2S/c12-8-2-1-3-9(7(8)6-15)17-11-13-5-4-10(16)14-11/h1-5,15H,6H2,(H,13,14,16). The van der Waals surface area contributed by atoms with Gasteiger partial charge in [0.25, 0.3) is 5.56 Å². The third-order valence-electron chi connectivity index (χ3n) is 2.09. The van der Waals surface area contributed by atoms with Crippen molar-refractivity contribution < 1.29 is 9.50 Å². The molecule has 2 rings (SSSR count). The fraction of sp³-hybridized carbons (Fsp3) is 0.0909. The van der Waals surface area contributed by atoms with Crippen LogP contribution in [0.4, 0.5) is 4.39 Å². The van der Waals surface area contributed by atoms with Gasteiger partial charge in [-0.2, -0.15) is 0 Å². The van der Waals surface area contributed by atoms with Crippen molar-refractivity contribution >= 4 is 11.8 Å². The van der Waals surface area contributed by atoms with Crippen molar-refractivity contribution in [1.29, 1.82) is 0 Å². The molecule has 1 aromatic carbocycles. The predicted molar refractivity (Wildman–Crippen MR) is 61.3 cm³/mol. The maximum atomic E-state index is 13.4. The van der Waals surface area contributed by atoms with Gasteiger partial charge in [0, 0.05) is 22.7 Å². The fourth-order valence-electron chi connectivity index (χ4n) is 1.30. The molecule has 0 unspecified atom stereocenters. The highest BCUT2D eigenvalue weighted by Gasteiger charge is 2.09. The lowest BCUT2D eigenvalue weighted by Crippen LogP contribution is -2.05. The highest BCUT2D eigenvalue weighted by molar-refractivity contribution is 7.99. The van der Waals surface area contributed by atoms with E-state index in [0.717, 1.165) is 11.8 Å². The highest BCUT2D eigenvalue weighted by Crippen LogP contribution is 2.28. The quantitative estimate of drug-likeness (QED) is 0.813. The van der Waals surface area contributed by atoms with Gasteiger partial charge < -0.3 is 10.1 Å². The van der Waals surface area contributed by atoms with Crippen molar-refractivity contribution in [2.75, 3.05) is 0 Å². The molecule has 0 spiro atoms. The first-order valence-corrected chi connectivity index (χ1v) is 5.64. The Morgan fingerprint density at radius 2 is 2.24 bits per heavy atom. The first-order valence-electron chi connectivity index (χ1n) is 4.82. The zero-order valence-electron chi connectivity index (χ0n) is 8.68. The molecule has 1 aromatic heterocycles. The van der Waals surface area contributed by atoms with Crippen molar-refractivity contribution in [3.8, 4) is 0 Å². The van der Waals surface area contributed by atoms with Crippen LogP contribution >= 0.6 is 11.8 Å². The number of nitrogens with one attached hydrogen (secondary N) is 1. The monoisotopic (exact) mass is 252 g/mol. The molecule has 2 N–H and O–H groups in total. The summed E-state index contributed by atoms with van der Waals surface area (Å²) in [6.45, 7) is -0.397. The molecule has 1 heterocycles. The number of H-pyrrole nitrogens is 1. The summed E-state index contributed by atoms with van der Waals surface area (Å²) in [6.07, 6.45) is 1.37. The second-order valence-electron chi connectivity index (χ2n) is 3.22. The van der Waals surface area contributed by atoms with Gasteiger partial charge in [0.1, 0.15) is 5.82 Å². The SMILES string of the molecule is O=c1ccnc(Sc2cccc(F)c2CO)[nH]1. The Hall–Kier alpha value is -1.66. The number of benzene rings is 1. The second-order valence-corrected chi connectivity index (χ2v) is 4.25. The van der Waals surface area contributed by atoms with E-state index < -0.39 is 12.4 Å². The van der Waals surface area contributed by atoms with Crippen LogP contribution in [0.5, 0.6) is 0 Å². The molecule has 0 atom stereocenters. The fourth-order valence-corrected chi connectivity index (χ4v) is 2.20. The molecule has 17 heavy (non-hydrogen) atoms. The summed E-state index contributed by atoms with van der Waals surface area (Å²) in [5, 5.41) is 9.45. The zero-order valence-corrected chi connectivity index (χ0v) is 9.50. The molecule has 0 amide bonds. The van der Waals surface area contributed by atoms with Gasteiger partial charge in [-0.3, -0.25) is 4.79 Å².